The number of carbonyl (C=O) groups excluding carboxylic acids is 1. The van der Waals surface area contributed by atoms with Crippen LogP contribution in [-0.2, 0) is 4.74 Å². The summed E-state index contributed by atoms with van der Waals surface area (Å²) >= 11 is 0. The summed E-state index contributed by atoms with van der Waals surface area (Å²) in [6.07, 6.45) is 0. The molecule has 4 heteroatoms. The number of nitrogens with one attached hydrogen (secondary N) is 1. The molecule has 100 valence electrons. The van der Waals surface area contributed by atoms with Gasteiger partial charge in [0, 0.05) is 24.2 Å². The van der Waals surface area contributed by atoms with E-state index in [4.69, 9.17) is 4.74 Å². The summed E-state index contributed by atoms with van der Waals surface area (Å²) in [6, 6.07) is 9.45. The number of aryl methyl sites for hydroxylation is 1. The van der Waals surface area contributed by atoms with Crippen LogP contribution in [0, 0.1) is 6.92 Å². The number of amides is 1. The second-order valence-corrected chi connectivity index (χ2v) is 4.66. The lowest BCUT2D eigenvalue weighted by Crippen LogP contribution is -2.35. The number of para-hydroxylation sites is 1. The van der Waals surface area contributed by atoms with Crippen LogP contribution in [0.25, 0.3) is 10.9 Å². The number of ether oxygens (including phenoxy) is 1. The number of nitrogens with zero attached hydrogens (tertiary/aromatic N) is 1. The molecule has 2 rings (SSSR count). The zero-order valence-corrected chi connectivity index (χ0v) is 11.4. The summed E-state index contributed by atoms with van der Waals surface area (Å²) in [6.45, 7) is 4.30. The molecule has 1 N–H and O–H groups in total. The Morgan fingerprint density at radius 1 is 1.42 bits per heavy atom. The fraction of sp³-hybridized carbons (Fsp3) is 0.333. The number of pyridine rings is 1. The second kappa shape index (κ2) is 5.80. The highest BCUT2D eigenvalue weighted by Gasteiger charge is 2.13. The fourth-order valence-corrected chi connectivity index (χ4v) is 2.09. The topological polar surface area (TPSA) is 51.2 Å². The highest BCUT2D eigenvalue weighted by atomic mass is 16.5. The van der Waals surface area contributed by atoms with Crippen LogP contribution < -0.4 is 5.32 Å². The van der Waals surface area contributed by atoms with E-state index in [-0.39, 0.29) is 11.9 Å². The van der Waals surface area contributed by atoms with Gasteiger partial charge >= 0.3 is 0 Å². The van der Waals surface area contributed by atoms with E-state index in [9.17, 15) is 4.79 Å². The van der Waals surface area contributed by atoms with E-state index in [1.165, 1.54) is 0 Å². The Kier molecular flexibility index (Phi) is 4.12. The molecule has 0 radical (unpaired) electrons. The SMILES string of the molecule is COC[C@H](C)NC(=O)c1cc(C)nc2ccccc12. The third-order valence-electron chi connectivity index (χ3n) is 2.88. The normalized spacial score (nSPS) is 12.4. The summed E-state index contributed by atoms with van der Waals surface area (Å²) in [7, 11) is 1.62. The number of fused-ring (bicyclic) bond motifs is 1. The van der Waals surface area contributed by atoms with Gasteiger partial charge in [0.15, 0.2) is 0 Å². The smallest absolute Gasteiger partial charge is 0.252 e. The van der Waals surface area contributed by atoms with Crippen LogP contribution in [0.3, 0.4) is 0 Å². The minimum absolute atomic E-state index is 0.0234. The predicted molar refractivity (Wildman–Crippen MR) is 75.3 cm³/mol. The number of aromatic nitrogens is 1. The van der Waals surface area contributed by atoms with Crippen molar-refractivity contribution in [3.63, 3.8) is 0 Å². The molecule has 0 saturated carbocycles. The van der Waals surface area contributed by atoms with Crippen LogP contribution >= 0.6 is 0 Å². The molecule has 0 aliphatic rings. The standard InChI is InChI=1S/C15H18N2O2/c1-10-8-13(15(18)17-11(2)9-19-3)12-6-4-5-7-14(12)16-10/h4-8,11H,9H2,1-3H3,(H,17,18)/t11-/m0/s1. The van der Waals surface area contributed by atoms with Crippen molar-refractivity contribution in [2.45, 2.75) is 19.9 Å². The molecule has 1 heterocycles. The van der Waals surface area contributed by atoms with Gasteiger partial charge in [0.25, 0.3) is 5.91 Å². The molecule has 2 aromatic rings. The Morgan fingerprint density at radius 3 is 2.89 bits per heavy atom. The third kappa shape index (κ3) is 3.09. The van der Waals surface area contributed by atoms with Crippen LogP contribution in [0.15, 0.2) is 30.3 Å². The largest absolute Gasteiger partial charge is 0.383 e. The van der Waals surface area contributed by atoms with E-state index in [0.29, 0.717) is 12.2 Å². The summed E-state index contributed by atoms with van der Waals surface area (Å²) in [5.74, 6) is -0.0914. The maximum absolute atomic E-state index is 12.3. The van der Waals surface area contributed by atoms with Crippen LogP contribution in [0.5, 0.6) is 0 Å². The molecular weight excluding hydrogens is 240 g/mol. The van der Waals surface area contributed by atoms with Gasteiger partial charge in [-0.1, -0.05) is 18.2 Å². The zero-order valence-electron chi connectivity index (χ0n) is 11.4. The van der Waals surface area contributed by atoms with Gasteiger partial charge in [-0.3, -0.25) is 9.78 Å². The summed E-state index contributed by atoms with van der Waals surface area (Å²) in [4.78, 5) is 16.7. The molecule has 19 heavy (non-hydrogen) atoms. The maximum Gasteiger partial charge on any atom is 0.252 e. The van der Waals surface area contributed by atoms with Gasteiger partial charge in [0.1, 0.15) is 0 Å². The summed E-state index contributed by atoms with van der Waals surface area (Å²) in [5, 5.41) is 3.80. The first-order valence-corrected chi connectivity index (χ1v) is 6.28. The molecule has 0 fully saturated rings. The highest BCUT2D eigenvalue weighted by molar-refractivity contribution is 6.06. The third-order valence-corrected chi connectivity index (χ3v) is 2.88. The lowest BCUT2D eigenvalue weighted by Gasteiger charge is -2.14. The Hall–Kier alpha value is -1.94. The van der Waals surface area contributed by atoms with Crippen molar-refractivity contribution in [1.29, 1.82) is 0 Å². The van der Waals surface area contributed by atoms with E-state index in [2.05, 4.69) is 10.3 Å². The lowest BCUT2D eigenvalue weighted by atomic mass is 10.1. The number of carbonyl (C=O) groups is 1. The molecule has 0 saturated heterocycles. The lowest BCUT2D eigenvalue weighted by molar-refractivity contribution is 0.0907. The molecule has 1 amide bonds. The minimum atomic E-state index is -0.0914. The first kappa shape index (κ1) is 13.5. The van der Waals surface area contributed by atoms with Gasteiger partial charge in [-0.2, -0.15) is 0 Å². The Balaban J connectivity index is 2.36. The molecule has 0 bridgehead atoms. The predicted octanol–water partition coefficient (Wildman–Crippen LogP) is 2.31. The van der Waals surface area contributed by atoms with Crippen LogP contribution in [0.1, 0.15) is 23.0 Å². The number of benzene rings is 1. The van der Waals surface area contributed by atoms with Gasteiger partial charge in [-0.15, -0.1) is 0 Å². The van der Waals surface area contributed by atoms with Crippen LogP contribution in [0.4, 0.5) is 0 Å². The van der Waals surface area contributed by atoms with E-state index >= 15 is 0 Å². The molecule has 0 spiro atoms. The van der Waals surface area contributed by atoms with Crippen molar-refractivity contribution in [2.75, 3.05) is 13.7 Å². The molecule has 4 nitrogen and oxygen atoms in total. The van der Waals surface area contributed by atoms with Gasteiger partial charge < -0.3 is 10.1 Å². The molecular formula is C15H18N2O2. The molecule has 1 atom stereocenters. The van der Waals surface area contributed by atoms with Crippen molar-refractivity contribution in [1.82, 2.24) is 10.3 Å². The Bertz CT molecular complexity index is 596. The average molecular weight is 258 g/mol. The Morgan fingerprint density at radius 2 is 2.16 bits per heavy atom. The number of methoxy groups -OCH3 is 1. The monoisotopic (exact) mass is 258 g/mol. The van der Waals surface area contributed by atoms with E-state index in [0.717, 1.165) is 16.6 Å². The van der Waals surface area contributed by atoms with Gasteiger partial charge in [0.2, 0.25) is 0 Å². The molecule has 1 aromatic carbocycles. The number of hydrogen-bond donors (Lipinski definition) is 1. The van der Waals surface area contributed by atoms with E-state index in [1.807, 2.05) is 44.2 Å². The highest BCUT2D eigenvalue weighted by Crippen LogP contribution is 2.18. The van der Waals surface area contributed by atoms with Crippen molar-refractivity contribution >= 4 is 16.8 Å². The first-order chi connectivity index (χ1) is 9.11. The summed E-state index contributed by atoms with van der Waals surface area (Å²) in [5.41, 5.74) is 2.33. The van der Waals surface area contributed by atoms with Crippen molar-refractivity contribution < 1.29 is 9.53 Å². The molecule has 0 aliphatic heterocycles. The van der Waals surface area contributed by atoms with Gasteiger partial charge in [0.05, 0.1) is 17.7 Å². The van der Waals surface area contributed by atoms with Crippen molar-refractivity contribution in [2.24, 2.45) is 0 Å². The average Bonchev–Trinajstić information content (AvgIpc) is 2.37. The van der Waals surface area contributed by atoms with Gasteiger partial charge in [-0.05, 0) is 26.0 Å². The zero-order chi connectivity index (χ0) is 13.8. The van der Waals surface area contributed by atoms with E-state index < -0.39 is 0 Å². The van der Waals surface area contributed by atoms with Crippen LogP contribution in [-0.4, -0.2) is 30.6 Å². The quantitative estimate of drug-likeness (QED) is 0.915. The first-order valence-electron chi connectivity index (χ1n) is 6.28. The van der Waals surface area contributed by atoms with E-state index in [1.54, 1.807) is 7.11 Å². The Labute approximate surface area is 112 Å². The second-order valence-electron chi connectivity index (χ2n) is 4.66. The van der Waals surface area contributed by atoms with Crippen molar-refractivity contribution in [3.8, 4) is 0 Å². The number of rotatable bonds is 4. The van der Waals surface area contributed by atoms with Crippen LogP contribution in [0.2, 0.25) is 0 Å². The number of hydrogen-bond acceptors (Lipinski definition) is 3. The van der Waals surface area contributed by atoms with Gasteiger partial charge in [-0.25, -0.2) is 0 Å². The summed E-state index contributed by atoms with van der Waals surface area (Å²) < 4.78 is 5.02. The molecule has 0 aliphatic carbocycles. The van der Waals surface area contributed by atoms with Crippen molar-refractivity contribution in [3.05, 3.63) is 41.6 Å². The molecule has 1 aromatic heterocycles. The molecule has 0 unspecified atom stereocenters. The minimum Gasteiger partial charge on any atom is -0.383 e. The maximum atomic E-state index is 12.3. The fourth-order valence-electron chi connectivity index (χ4n) is 2.09.